The van der Waals surface area contributed by atoms with Crippen LogP contribution < -0.4 is 14.8 Å². The molecule has 0 radical (unpaired) electrons. The van der Waals surface area contributed by atoms with Crippen LogP contribution in [0.2, 0.25) is 0 Å². The molecular formula is C30H33NO7. The van der Waals surface area contributed by atoms with Crippen LogP contribution in [0.15, 0.2) is 65.0 Å². The highest BCUT2D eigenvalue weighted by Gasteiger charge is 2.41. The summed E-state index contributed by atoms with van der Waals surface area (Å²) in [5, 5.41) is 3.35. The van der Waals surface area contributed by atoms with Crippen LogP contribution in [0, 0.1) is 0 Å². The van der Waals surface area contributed by atoms with Crippen molar-refractivity contribution < 1.29 is 33.3 Å². The van der Waals surface area contributed by atoms with Gasteiger partial charge in [-0.2, -0.15) is 0 Å². The van der Waals surface area contributed by atoms with Gasteiger partial charge in [0.2, 0.25) is 0 Å². The highest BCUT2D eigenvalue weighted by molar-refractivity contribution is 6.04. The fourth-order valence-corrected chi connectivity index (χ4v) is 5.19. The molecule has 0 fully saturated rings. The van der Waals surface area contributed by atoms with Gasteiger partial charge >= 0.3 is 11.9 Å². The Morgan fingerprint density at radius 3 is 2.16 bits per heavy atom. The first kappa shape index (κ1) is 27.0. The number of ether oxygens (including phenoxy) is 4. The molecular weight excluding hydrogens is 486 g/mol. The number of nitrogens with one attached hydrogen (secondary N) is 1. The smallest absolute Gasteiger partial charge is 0.337 e. The summed E-state index contributed by atoms with van der Waals surface area (Å²) in [5.41, 5.74) is 4.43. The zero-order valence-corrected chi connectivity index (χ0v) is 22.5. The molecule has 1 aliphatic carbocycles. The van der Waals surface area contributed by atoms with Crippen LogP contribution in [0.3, 0.4) is 0 Å². The molecule has 0 saturated heterocycles. The van der Waals surface area contributed by atoms with Gasteiger partial charge in [-0.3, -0.25) is 4.79 Å². The van der Waals surface area contributed by atoms with Crippen molar-refractivity contribution in [2.45, 2.75) is 51.6 Å². The highest BCUT2D eigenvalue weighted by atomic mass is 16.5. The maximum Gasteiger partial charge on any atom is 0.337 e. The molecule has 1 N–H and O–H groups in total. The molecule has 2 aliphatic rings. The summed E-state index contributed by atoms with van der Waals surface area (Å²) in [6.45, 7) is 5.39. The van der Waals surface area contributed by atoms with Crippen LogP contribution in [0.1, 0.15) is 66.9 Å². The number of allylic oxidation sites excluding steroid dienone is 3. The number of Topliss-reactive ketones (excluding diaryl/α,β-unsaturated/α-hetero) is 1. The predicted molar refractivity (Wildman–Crippen MR) is 141 cm³/mol. The fourth-order valence-electron chi connectivity index (χ4n) is 5.19. The van der Waals surface area contributed by atoms with E-state index in [0.717, 1.165) is 16.8 Å². The highest BCUT2D eigenvalue weighted by Crippen LogP contribution is 2.46. The molecule has 2 aromatic carbocycles. The number of carbonyl (C=O) groups excluding carboxylic acids is 3. The van der Waals surface area contributed by atoms with Crippen LogP contribution in [0.5, 0.6) is 11.5 Å². The van der Waals surface area contributed by atoms with E-state index < -0.39 is 17.9 Å². The van der Waals surface area contributed by atoms with Crippen molar-refractivity contribution in [3.8, 4) is 11.5 Å². The van der Waals surface area contributed by atoms with E-state index in [1.165, 1.54) is 7.11 Å². The summed E-state index contributed by atoms with van der Waals surface area (Å²) < 4.78 is 21.2. The van der Waals surface area contributed by atoms with Crippen LogP contribution in [0.4, 0.5) is 0 Å². The maximum atomic E-state index is 13.8. The van der Waals surface area contributed by atoms with E-state index in [9.17, 15) is 14.4 Å². The molecule has 0 amide bonds. The molecule has 8 heteroatoms. The van der Waals surface area contributed by atoms with Gasteiger partial charge in [0.25, 0.3) is 0 Å². The number of dihydropyridines is 1. The van der Waals surface area contributed by atoms with E-state index in [-0.39, 0.29) is 24.2 Å². The van der Waals surface area contributed by atoms with Gasteiger partial charge in [0.1, 0.15) is 0 Å². The lowest BCUT2D eigenvalue weighted by atomic mass is 9.71. The van der Waals surface area contributed by atoms with Crippen LogP contribution in [-0.4, -0.2) is 45.2 Å². The summed E-state index contributed by atoms with van der Waals surface area (Å²) >= 11 is 0. The van der Waals surface area contributed by atoms with Gasteiger partial charge in [0.05, 0.1) is 38.6 Å². The maximum absolute atomic E-state index is 13.8. The molecule has 2 atom stereocenters. The Balaban J connectivity index is 1.77. The second kappa shape index (κ2) is 11.1. The summed E-state index contributed by atoms with van der Waals surface area (Å²) in [7, 11) is 4.49. The number of esters is 2. The lowest BCUT2D eigenvalue weighted by Crippen LogP contribution is -2.36. The Kier molecular flexibility index (Phi) is 7.90. The molecule has 38 heavy (non-hydrogen) atoms. The van der Waals surface area contributed by atoms with E-state index in [0.29, 0.717) is 40.3 Å². The average Bonchev–Trinajstić information content (AvgIpc) is 2.90. The fraction of sp³-hybridized carbons (Fsp3) is 0.367. The van der Waals surface area contributed by atoms with Gasteiger partial charge < -0.3 is 24.3 Å². The molecule has 0 unspecified atom stereocenters. The molecule has 1 aliphatic heterocycles. The molecule has 1 heterocycles. The van der Waals surface area contributed by atoms with Crippen LogP contribution in [-0.2, 0) is 19.1 Å². The Morgan fingerprint density at radius 1 is 0.895 bits per heavy atom. The topological polar surface area (TPSA) is 100 Å². The largest absolute Gasteiger partial charge is 0.493 e. The van der Waals surface area contributed by atoms with Crippen molar-refractivity contribution in [2.75, 3.05) is 21.3 Å². The third kappa shape index (κ3) is 5.16. The third-order valence-electron chi connectivity index (χ3n) is 6.93. The standard InChI is InChI=1S/C30H33NO7/c1-16(2)38-30(34)26-17(3)31-22-13-21(20-11-12-24(35-4)25(15-20)36-5)14-23(32)28(22)27(26)18-7-9-19(10-8-18)29(33)37-6/h7-12,15-16,21,27,31H,13-14H2,1-6H3/t21-,27-/m0/s1. The van der Waals surface area contributed by atoms with Crippen LogP contribution >= 0.6 is 0 Å². The zero-order valence-electron chi connectivity index (χ0n) is 22.5. The van der Waals surface area contributed by atoms with Gasteiger partial charge in [0, 0.05) is 29.3 Å². The van der Waals surface area contributed by atoms with Gasteiger partial charge in [-0.15, -0.1) is 0 Å². The summed E-state index contributed by atoms with van der Waals surface area (Å²) in [4.78, 5) is 39.0. The zero-order chi connectivity index (χ0) is 27.6. The minimum Gasteiger partial charge on any atom is -0.493 e. The number of ketones is 1. The predicted octanol–water partition coefficient (Wildman–Crippen LogP) is 4.80. The van der Waals surface area contributed by atoms with Crippen molar-refractivity contribution in [1.82, 2.24) is 5.32 Å². The number of carbonyl (C=O) groups is 3. The van der Waals surface area contributed by atoms with Crippen LogP contribution in [0.25, 0.3) is 0 Å². The third-order valence-corrected chi connectivity index (χ3v) is 6.93. The van der Waals surface area contributed by atoms with Gasteiger partial charge in [0.15, 0.2) is 17.3 Å². The van der Waals surface area contributed by atoms with E-state index in [2.05, 4.69) is 5.32 Å². The lowest BCUT2D eigenvalue weighted by Gasteiger charge is -2.37. The number of methoxy groups -OCH3 is 3. The normalized spacial score (nSPS) is 19.1. The first-order valence-electron chi connectivity index (χ1n) is 12.5. The Bertz CT molecular complexity index is 1320. The van der Waals surface area contributed by atoms with Gasteiger partial charge in [-0.05, 0) is 68.5 Å². The van der Waals surface area contributed by atoms with Gasteiger partial charge in [-0.25, -0.2) is 9.59 Å². The Hall–Kier alpha value is -4.07. The SMILES string of the molecule is COC(=O)c1ccc([C@H]2C(C(=O)OC(C)C)=C(C)NC3=C2C(=O)C[C@@H](c2ccc(OC)c(OC)c2)C3)cc1. The van der Waals surface area contributed by atoms with Crippen molar-refractivity contribution in [2.24, 2.45) is 0 Å². The van der Waals surface area contributed by atoms with Gasteiger partial charge in [-0.1, -0.05) is 18.2 Å². The van der Waals surface area contributed by atoms with Crippen molar-refractivity contribution >= 4 is 17.7 Å². The average molecular weight is 520 g/mol. The van der Waals surface area contributed by atoms with E-state index >= 15 is 0 Å². The van der Waals surface area contributed by atoms with E-state index in [1.54, 1.807) is 52.3 Å². The van der Waals surface area contributed by atoms with E-state index in [1.807, 2.05) is 25.1 Å². The minimum atomic E-state index is -0.622. The molecule has 0 spiro atoms. The monoisotopic (exact) mass is 519 g/mol. The molecule has 0 saturated carbocycles. The summed E-state index contributed by atoms with van der Waals surface area (Å²) in [6.07, 6.45) is 0.534. The number of hydrogen-bond acceptors (Lipinski definition) is 8. The summed E-state index contributed by atoms with van der Waals surface area (Å²) in [5.74, 6) is -0.462. The molecule has 2 aromatic rings. The summed E-state index contributed by atoms with van der Waals surface area (Å²) in [6, 6.07) is 12.5. The molecule has 0 bridgehead atoms. The lowest BCUT2D eigenvalue weighted by molar-refractivity contribution is -0.143. The van der Waals surface area contributed by atoms with Crippen molar-refractivity contribution in [3.05, 3.63) is 81.7 Å². The Labute approximate surface area is 222 Å². The minimum absolute atomic E-state index is 0.0528. The molecule has 0 aromatic heterocycles. The van der Waals surface area contributed by atoms with E-state index in [4.69, 9.17) is 18.9 Å². The molecule has 8 nitrogen and oxygen atoms in total. The molecule has 4 rings (SSSR count). The van der Waals surface area contributed by atoms with Crippen molar-refractivity contribution in [1.29, 1.82) is 0 Å². The molecule has 200 valence electrons. The quantitative estimate of drug-likeness (QED) is 0.521. The first-order valence-corrected chi connectivity index (χ1v) is 12.5. The number of benzene rings is 2. The second-order valence-corrected chi connectivity index (χ2v) is 9.70. The van der Waals surface area contributed by atoms with Crippen molar-refractivity contribution in [3.63, 3.8) is 0 Å². The Morgan fingerprint density at radius 2 is 1.55 bits per heavy atom. The number of rotatable bonds is 7. The number of hydrogen-bond donors (Lipinski definition) is 1. The first-order chi connectivity index (χ1) is 18.2. The second-order valence-electron chi connectivity index (χ2n) is 9.70.